The number of furan rings is 1. The molecule has 1 atom stereocenters. The number of hydrogen-bond acceptors (Lipinski definition) is 5. The van der Waals surface area contributed by atoms with Crippen molar-refractivity contribution in [2.75, 3.05) is 13.2 Å². The van der Waals surface area contributed by atoms with Gasteiger partial charge in [0.2, 0.25) is 12.3 Å². The minimum atomic E-state index is -0.526. The molecule has 1 aliphatic carbocycles. The van der Waals surface area contributed by atoms with Crippen LogP contribution in [0.2, 0.25) is 0 Å². The molecule has 28 heavy (non-hydrogen) atoms. The molecule has 3 amide bonds. The lowest BCUT2D eigenvalue weighted by molar-refractivity contribution is -0.155. The van der Waals surface area contributed by atoms with Crippen LogP contribution >= 0.6 is 0 Å². The van der Waals surface area contributed by atoms with Gasteiger partial charge in [-0.25, -0.2) is 5.06 Å². The summed E-state index contributed by atoms with van der Waals surface area (Å²) in [6.45, 7) is -0.133. The molecular weight excluding hydrogens is 362 g/mol. The zero-order valence-corrected chi connectivity index (χ0v) is 15.6. The van der Waals surface area contributed by atoms with Gasteiger partial charge in [-0.05, 0) is 24.5 Å². The third-order valence-corrected chi connectivity index (χ3v) is 5.15. The van der Waals surface area contributed by atoms with Crippen molar-refractivity contribution in [3.63, 3.8) is 0 Å². The summed E-state index contributed by atoms with van der Waals surface area (Å²) >= 11 is 0. The molecule has 8 nitrogen and oxygen atoms in total. The van der Waals surface area contributed by atoms with Gasteiger partial charge in [0.1, 0.15) is 5.58 Å². The number of fused-ring (bicyclic) bond motifs is 1. The largest absolute Gasteiger partial charge is 0.451 e. The van der Waals surface area contributed by atoms with E-state index in [0.29, 0.717) is 23.0 Å². The number of hydroxylamine groups is 2. The maximum atomic E-state index is 12.5. The van der Waals surface area contributed by atoms with E-state index >= 15 is 0 Å². The minimum absolute atomic E-state index is 0.0661. The molecule has 2 aromatic rings. The van der Waals surface area contributed by atoms with Crippen molar-refractivity contribution in [1.82, 2.24) is 15.7 Å². The Kier molecular flexibility index (Phi) is 6.65. The van der Waals surface area contributed by atoms with Crippen LogP contribution in [0.25, 0.3) is 11.0 Å². The van der Waals surface area contributed by atoms with Crippen LogP contribution in [0.3, 0.4) is 0 Å². The van der Waals surface area contributed by atoms with Crippen LogP contribution in [-0.4, -0.2) is 41.7 Å². The van der Waals surface area contributed by atoms with Crippen molar-refractivity contribution in [3.05, 3.63) is 36.1 Å². The van der Waals surface area contributed by atoms with Gasteiger partial charge in [-0.2, -0.15) is 0 Å². The molecule has 1 aromatic heterocycles. The summed E-state index contributed by atoms with van der Waals surface area (Å²) in [5.41, 5.74) is 0.616. The fraction of sp³-hybridized carbons (Fsp3) is 0.450. The maximum absolute atomic E-state index is 12.5. The van der Waals surface area contributed by atoms with Gasteiger partial charge in [-0.1, -0.05) is 43.9 Å². The average molecular weight is 387 g/mol. The van der Waals surface area contributed by atoms with Crippen LogP contribution in [0.15, 0.2) is 34.7 Å². The quantitative estimate of drug-likeness (QED) is 0.264. The van der Waals surface area contributed by atoms with E-state index in [4.69, 9.17) is 4.42 Å². The summed E-state index contributed by atoms with van der Waals surface area (Å²) in [5, 5.41) is 16.1. The molecule has 0 unspecified atom stereocenters. The predicted octanol–water partition coefficient (Wildman–Crippen LogP) is 2.28. The molecule has 3 rings (SSSR count). The summed E-state index contributed by atoms with van der Waals surface area (Å²) < 4.78 is 5.49. The van der Waals surface area contributed by atoms with E-state index in [1.165, 1.54) is 0 Å². The standard InChI is InChI=1S/C20H25N3O5/c24-13-23(27)11-16(9-14-5-1-2-6-14)19(25)21-12-22-20(26)18-10-15-7-3-4-8-17(15)28-18/h3-4,7-8,10,13-14,16,27H,1-2,5-6,9,11-12H2,(H,21,25)(H,22,26)/t16-/m1/s1. The maximum Gasteiger partial charge on any atom is 0.288 e. The Labute approximate surface area is 162 Å². The number of carbonyl (C=O) groups is 3. The highest BCUT2D eigenvalue weighted by Gasteiger charge is 2.26. The summed E-state index contributed by atoms with van der Waals surface area (Å²) in [4.78, 5) is 35.4. The van der Waals surface area contributed by atoms with Crippen LogP contribution in [0.1, 0.15) is 42.7 Å². The molecule has 1 heterocycles. The van der Waals surface area contributed by atoms with Crippen molar-refractivity contribution in [2.24, 2.45) is 11.8 Å². The Morgan fingerprint density at radius 1 is 1.25 bits per heavy atom. The number of benzene rings is 1. The molecular formula is C20H25N3O5. The monoisotopic (exact) mass is 387 g/mol. The first kappa shape index (κ1) is 19.9. The van der Waals surface area contributed by atoms with Crippen LogP contribution in [-0.2, 0) is 9.59 Å². The number of nitrogens with one attached hydrogen (secondary N) is 2. The molecule has 3 N–H and O–H groups in total. The van der Waals surface area contributed by atoms with Crippen LogP contribution in [0, 0.1) is 11.8 Å². The number of rotatable bonds is 9. The Balaban J connectivity index is 1.52. The van der Waals surface area contributed by atoms with E-state index in [-0.39, 0.29) is 31.3 Å². The fourth-order valence-corrected chi connectivity index (χ4v) is 3.72. The van der Waals surface area contributed by atoms with E-state index in [0.717, 1.165) is 31.1 Å². The van der Waals surface area contributed by atoms with Crippen molar-refractivity contribution in [1.29, 1.82) is 0 Å². The van der Waals surface area contributed by atoms with Crippen LogP contribution in [0.4, 0.5) is 0 Å². The summed E-state index contributed by atoms with van der Waals surface area (Å²) in [7, 11) is 0. The third kappa shape index (κ3) is 5.10. The second-order valence-corrected chi connectivity index (χ2v) is 7.18. The molecule has 0 saturated heterocycles. The highest BCUT2D eigenvalue weighted by molar-refractivity contribution is 5.96. The van der Waals surface area contributed by atoms with Gasteiger partial charge in [0.15, 0.2) is 5.76 Å². The number of amides is 3. The lowest BCUT2D eigenvalue weighted by Crippen LogP contribution is -2.43. The molecule has 150 valence electrons. The normalized spacial score (nSPS) is 15.3. The zero-order chi connectivity index (χ0) is 19.9. The van der Waals surface area contributed by atoms with Gasteiger partial charge in [0.25, 0.3) is 5.91 Å². The SMILES string of the molecule is O=CN(O)C[C@@H](CC1CCCC1)C(=O)NCNC(=O)c1cc2ccccc2o1. The minimum Gasteiger partial charge on any atom is -0.451 e. The highest BCUT2D eigenvalue weighted by Crippen LogP contribution is 2.30. The van der Waals surface area contributed by atoms with Gasteiger partial charge in [-0.3, -0.25) is 19.6 Å². The molecule has 0 spiro atoms. The molecule has 0 aliphatic heterocycles. The second kappa shape index (κ2) is 9.36. The smallest absolute Gasteiger partial charge is 0.288 e. The molecule has 1 aliphatic rings. The van der Waals surface area contributed by atoms with Gasteiger partial charge < -0.3 is 15.1 Å². The molecule has 1 saturated carbocycles. The first-order valence-corrected chi connectivity index (χ1v) is 9.52. The summed E-state index contributed by atoms with van der Waals surface area (Å²) in [6, 6.07) is 8.94. The van der Waals surface area contributed by atoms with Crippen molar-refractivity contribution < 1.29 is 24.0 Å². The molecule has 1 fully saturated rings. The van der Waals surface area contributed by atoms with Crippen molar-refractivity contribution in [2.45, 2.75) is 32.1 Å². The Morgan fingerprint density at radius 3 is 2.71 bits per heavy atom. The van der Waals surface area contributed by atoms with E-state index in [1.807, 2.05) is 18.2 Å². The lowest BCUT2D eigenvalue weighted by Gasteiger charge is -2.22. The summed E-state index contributed by atoms with van der Waals surface area (Å²) in [6.07, 6.45) is 5.29. The van der Waals surface area contributed by atoms with E-state index in [1.54, 1.807) is 12.1 Å². The Hall–Kier alpha value is -2.87. The Morgan fingerprint density at radius 2 is 2.00 bits per heavy atom. The van der Waals surface area contributed by atoms with Crippen LogP contribution < -0.4 is 10.6 Å². The first-order chi connectivity index (χ1) is 13.6. The third-order valence-electron chi connectivity index (χ3n) is 5.15. The number of carbonyl (C=O) groups excluding carboxylic acids is 3. The Bertz CT molecular complexity index is 795. The zero-order valence-electron chi connectivity index (χ0n) is 15.6. The van der Waals surface area contributed by atoms with Gasteiger partial charge in [-0.15, -0.1) is 0 Å². The van der Waals surface area contributed by atoms with Gasteiger partial charge in [0.05, 0.1) is 19.1 Å². The molecule has 0 radical (unpaired) electrons. The van der Waals surface area contributed by atoms with Crippen molar-refractivity contribution in [3.8, 4) is 0 Å². The topological polar surface area (TPSA) is 112 Å². The van der Waals surface area contributed by atoms with E-state index < -0.39 is 11.8 Å². The number of hydrogen-bond donors (Lipinski definition) is 3. The lowest BCUT2D eigenvalue weighted by atomic mass is 9.92. The number of para-hydroxylation sites is 1. The average Bonchev–Trinajstić information content (AvgIpc) is 3.36. The fourth-order valence-electron chi connectivity index (χ4n) is 3.72. The number of nitrogens with zero attached hydrogens (tertiary/aromatic N) is 1. The first-order valence-electron chi connectivity index (χ1n) is 9.52. The van der Waals surface area contributed by atoms with Crippen LogP contribution in [0.5, 0.6) is 0 Å². The molecule has 0 bridgehead atoms. The second-order valence-electron chi connectivity index (χ2n) is 7.18. The van der Waals surface area contributed by atoms with Gasteiger partial charge in [0, 0.05) is 5.39 Å². The molecule has 1 aromatic carbocycles. The predicted molar refractivity (Wildman–Crippen MR) is 101 cm³/mol. The highest BCUT2D eigenvalue weighted by atomic mass is 16.5. The summed E-state index contributed by atoms with van der Waals surface area (Å²) in [5.74, 6) is -0.680. The molecule has 8 heteroatoms. The van der Waals surface area contributed by atoms with Crippen molar-refractivity contribution >= 4 is 29.2 Å². The van der Waals surface area contributed by atoms with E-state index in [9.17, 15) is 19.6 Å². The van der Waals surface area contributed by atoms with E-state index in [2.05, 4.69) is 10.6 Å². The van der Waals surface area contributed by atoms with Gasteiger partial charge >= 0.3 is 0 Å².